The van der Waals surface area contributed by atoms with Crippen molar-refractivity contribution >= 4 is 21.5 Å². The van der Waals surface area contributed by atoms with Crippen molar-refractivity contribution in [1.82, 2.24) is 4.98 Å². The fourth-order valence-corrected chi connectivity index (χ4v) is 3.19. The molecule has 2 nitrogen and oxygen atoms in total. The largest absolute Gasteiger partial charge is 0.507 e. The van der Waals surface area contributed by atoms with E-state index in [0.29, 0.717) is 17.0 Å². The number of nitrogens with zero attached hydrogens (tertiary/aromatic N) is 1. The highest BCUT2D eigenvalue weighted by molar-refractivity contribution is 6.17. The molecule has 4 rings (SSSR count). The summed E-state index contributed by atoms with van der Waals surface area (Å²) in [5.74, 6) is 0.181. The van der Waals surface area contributed by atoms with Gasteiger partial charge in [0.15, 0.2) is 0 Å². The van der Waals surface area contributed by atoms with Crippen molar-refractivity contribution in [2.45, 2.75) is 13.1 Å². The molecule has 3 aromatic carbocycles. The average molecular weight is 317 g/mol. The number of fused-ring (bicyclic) bond motifs is 3. The molecular weight excluding hydrogens is 301 g/mol. The van der Waals surface area contributed by atoms with E-state index in [2.05, 4.69) is 4.98 Å². The monoisotopic (exact) mass is 317 g/mol. The molecule has 1 N–H and O–H groups in total. The van der Waals surface area contributed by atoms with Crippen LogP contribution >= 0.6 is 0 Å². The molecule has 0 aliphatic heterocycles. The molecule has 0 saturated heterocycles. The Bertz CT molecular complexity index is 1060. The number of phenols is 1. The van der Waals surface area contributed by atoms with Crippen LogP contribution in [0.3, 0.4) is 0 Å². The number of aromatic nitrogens is 1. The molecule has 1 heterocycles. The number of hydrogen-bond donors (Lipinski definition) is 1. The lowest BCUT2D eigenvalue weighted by Gasteiger charge is -2.14. The summed E-state index contributed by atoms with van der Waals surface area (Å²) in [5, 5.41) is 14.6. The Morgan fingerprint density at radius 2 is 1.38 bits per heavy atom. The van der Waals surface area contributed by atoms with Crippen LogP contribution in [0.1, 0.15) is 18.8 Å². The zero-order valence-electron chi connectivity index (χ0n) is 13.2. The Morgan fingerprint density at radius 1 is 0.792 bits per heavy atom. The van der Waals surface area contributed by atoms with Crippen LogP contribution < -0.4 is 0 Å². The van der Waals surface area contributed by atoms with Gasteiger partial charge in [-0.15, -0.1) is 0 Å². The minimum Gasteiger partial charge on any atom is -0.507 e. The number of benzene rings is 3. The Labute approximate surface area is 139 Å². The third kappa shape index (κ3) is 2.21. The van der Waals surface area contributed by atoms with E-state index in [1.54, 1.807) is 12.1 Å². The third-order valence-electron chi connectivity index (χ3n) is 4.34. The predicted molar refractivity (Wildman–Crippen MR) is 95.9 cm³/mol. The van der Waals surface area contributed by atoms with Gasteiger partial charge in [-0.05, 0) is 35.2 Å². The Hall–Kier alpha value is -2.94. The summed E-state index contributed by atoms with van der Waals surface area (Å²) in [6.45, 7) is 1.46. The van der Waals surface area contributed by atoms with Gasteiger partial charge in [0.1, 0.15) is 11.9 Å². The lowest BCUT2D eigenvalue weighted by molar-refractivity contribution is 0.366. The summed E-state index contributed by atoms with van der Waals surface area (Å²) in [5.41, 5.74) is 1.59. The maximum atomic E-state index is 13.7. The maximum absolute atomic E-state index is 13.7. The number of alkyl halides is 1. The van der Waals surface area contributed by atoms with Crippen LogP contribution in [0.2, 0.25) is 0 Å². The highest BCUT2D eigenvalue weighted by Gasteiger charge is 2.17. The molecule has 1 aromatic heterocycles. The van der Waals surface area contributed by atoms with Crippen molar-refractivity contribution in [3.8, 4) is 17.0 Å². The van der Waals surface area contributed by atoms with Crippen LogP contribution in [0.15, 0.2) is 66.7 Å². The zero-order chi connectivity index (χ0) is 16.7. The summed E-state index contributed by atoms with van der Waals surface area (Å²) in [4.78, 5) is 4.43. The number of phenolic OH excluding ortho intramolecular Hbond substituents is 1. The van der Waals surface area contributed by atoms with Crippen LogP contribution in [0.5, 0.6) is 5.75 Å². The topological polar surface area (TPSA) is 33.1 Å². The zero-order valence-corrected chi connectivity index (χ0v) is 13.2. The molecule has 0 radical (unpaired) electrons. The van der Waals surface area contributed by atoms with E-state index >= 15 is 0 Å². The van der Waals surface area contributed by atoms with Crippen LogP contribution in [0.25, 0.3) is 32.8 Å². The van der Waals surface area contributed by atoms with E-state index < -0.39 is 6.17 Å². The van der Waals surface area contributed by atoms with Gasteiger partial charge in [0.25, 0.3) is 0 Å². The first kappa shape index (κ1) is 14.6. The van der Waals surface area contributed by atoms with E-state index in [1.165, 1.54) is 6.92 Å². The molecule has 3 heteroatoms. The number of aromatic hydroxyl groups is 1. The van der Waals surface area contributed by atoms with E-state index in [9.17, 15) is 9.50 Å². The van der Waals surface area contributed by atoms with Crippen molar-refractivity contribution in [3.63, 3.8) is 0 Å². The van der Waals surface area contributed by atoms with Crippen LogP contribution in [-0.4, -0.2) is 10.1 Å². The number of rotatable bonds is 2. The molecule has 0 bridgehead atoms. The molecule has 24 heavy (non-hydrogen) atoms. The van der Waals surface area contributed by atoms with Gasteiger partial charge in [-0.1, -0.05) is 54.6 Å². The second-order valence-electron chi connectivity index (χ2n) is 5.88. The van der Waals surface area contributed by atoms with Gasteiger partial charge in [0, 0.05) is 5.39 Å². The Kier molecular flexibility index (Phi) is 3.42. The summed E-state index contributed by atoms with van der Waals surface area (Å²) in [7, 11) is 0. The standard InChI is InChI=1S/C21H16FNO/c1-13(22)18-11-6-12-19(23-18)20-16-9-4-2-7-14(16)15-8-3-5-10-17(15)21(20)24/h2-13,24H,1H3. The van der Waals surface area contributed by atoms with Crippen LogP contribution in [0, 0.1) is 0 Å². The normalized spacial score (nSPS) is 12.6. The molecule has 1 unspecified atom stereocenters. The van der Waals surface area contributed by atoms with Gasteiger partial charge in [-0.3, -0.25) is 0 Å². The molecule has 0 spiro atoms. The summed E-state index contributed by atoms with van der Waals surface area (Å²) in [6, 6.07) is 20.9. The summed E-state index contributed by atoms with van der Waals surface area (Å²) in [6.07, 6.45) is -1.15. The van der Waals surface area contributed by atoms with Crippen molar-refractivity contribution in [3.05, 3.63) is 72.4 Å². The predicted octanol–water partition coefficient (Wildman–Crippen LogP) is 5.79. The maximum Gasteiger partial charge on any atom is 0.139 e. The Morgan fingerprint density at radius 3 is 2.04 bits per heavy atom. The first-order valence-electron chi connectivity index (χ1n) is 7.90. The van der Waals surface area contributed by atoms with E-state index in [4.69, 9.17) is 0 Å². The minimum absolute atomic E-state index is 0.181. The molecule has 0 aliphatic rings. The van der Waals surface area contributed by atoms with Crippen molar-refractivity contribution in [2.75, 3.05) is 0 Å². The molecule has 0 saturated carbocycles. The molecule has 0 aliphatic carbocycles. The second kappa shape index (κ2) is 5.60. The molecule has 4 aromatic rings. The summed E-state index contributed by atoms with van der Waals surface area (Å²) < 4.78 is 13.7. The fraction of sp³-hybridized carbons (Fsp3) is 0.0952. The van der Waals surface area contributed by atoms with Gasteiger partial charge >= 0.3 is 0 Å². The molecule has 118 valence electrons. The van der Waals surface area contributed by atoms with Gasteiger partial charge in [-0.2, -0.15) is 0 Å². The van der Waals surface area contributed by atoms with Crippen molar-refractivity contribution in [2.24, 2.45) is 0 Å². The van der Waals surface area contributed by atoms with E-state index in [-0.39, 0.29) is 5.75 Å². The number of pyridine rings is 1. The SMILES string of the molecule is CC(F)c1cccc(-c2c(O)c3ccccc3c3ccccc23)n1. The molecule has 0 amide bonds. The number of halogens is 1. The smallest absolute Gasteiger partial charge is 0.139 e. The first-order chi connectivity index (χ1) is 11.7. The summed E-state index contributed by atoms with van der Waals surface area (Å²) >= 11 is 0. The average Bonchev–Trinajstić information content (AvgIpc) is 2.62. The minimum atomic E-state index is -1.15. The highest BCUT2D eigenvalue weighted by Crippen LogP contribution is 2.42. The molecule has 1 atom stereocenters. The van der Waals surface area contributed by atoms with Gasteiger partial charge in [0.05, 0.1) is 17.0 Å². The van der Waals surface area contributed by atoms with Crippen molar-refractivity contribution in [1.29, 1.82) is 0 Å². The first-order valence-corrected chi connectivity index (χ1v) is 7.90. The lowest BCUT2D eigenvalue weighted by Crippen LogP contribution is -1.94. The third-order valence-corrected chi connectivity index (χ3v) is 4.34. The second-order valence-corrected chi connectivity index (χ2v) is 5.88. The van der Waals surface area contributed by atoms with E-state index in [0.717, 1.165) is 21.5 Å². The van der Waals surface area contributed by atoms with Gasteiger partial charge in [-0.25, -0.2) is 9.37 Å². The number of hydrogen-bond acceptors (Lipinski definition) is 2. The Balaban J connectivity index is 2.14. The van der Waals surface area contributed by atoms with E-state index in [1.807, 2.05) is 54.6 Å². The molecule has 0 fully saturated rings. The fourth-order valence-electron chi connectivity index (χ4n) is 3.19. The molecular formula is C21H16FNO. The van der Waals surface area contributed by atoms with Gasteiger partial charge in [0.2, 0.25) is 0 Å². The quantitative estimate of drug-likeness (QED) is 0.475. The lowest BCUT2D eigenvalue weighted by atomic mass is 9.94. The van der Waals surface area contributed by atoms with Crippen molar-refractivity contribution < 1.29 is 9.50 Å². The van der Waals surface area contributed by atoms with Crippen LogP contribution in [0.4, 0.5) is 4.39 Å². The van der Waals surface area contributed by atoms with Gasteiger partial charge < -0.3 is 5.11 Å². The van der Waals surface area contributed by atoms with Crippen LogP contribution in [-0.2, 0) is 0 Å². The highest BCUT2D eigenvalue weighted by atomic mass is 19.1.